The van der Waals surface area contributed by atoms with Crippen molar-refractivity contribution in [2.45, 2.75) is 57.5 Å². The van der Waals surface area contributed by atoms with E-state index in [1.807, 2.05) is 0 Å². The quantitative estimate of drug-likeness (QED) is 0.634. The Morgan fingerprint density at radius 3 is 2.62 bits per heavy atom. The maximum absolute atomic E-state index is 13.5. The summed E-state index contributed by atoms with van der Waals surface area (Å²) in [5.74, 6) is -0.388. The van der Waals surface area contributed by atoms with Crippen LogP contribution in [0.15, 0.2) is 0 Å². The molecule has 1 amide bonds. The molecule has 5 heteroatoms. The van der Waals surface area contributed by atoms with E-state index in [2.05, 4.69) is 0 Å². The van der Waals surface area contributed by atoms with Gasteiger partial charge in [-0.2, -0.15) is 0 Å². The Labute approximate surface area is 93.7 Å². The van der Waals surface area contributed by atoms with E-state index in [-0.39, 0.29) is 18.2 Å². The van der Waals surface area contributed by atoms with Crippen molar-refractivity contribution in [2.75, 3.05) is 0 Å². The van der Waals surface area contributed by atoms with Gasteiger partial charge in [-0.3, -0.25) is 9.69 Å². The van der Waals surface area contributed by atoms with Crippen LogP contribution in [-0.2, 0) is 9.53 Å². The van der Waals surface area contributed by atoms with Gasteiger partial charge in [0.05, 0.1) is 6.04 Å². The third-order valence-corrected chi connectivity index (χ3v) is 2.95. The van der Waals surface area contributed by atoms with E-state index in [0.29, 0.717) is 6.42 Å². The fraction of sp³-hybridized carbons (Fsp3) is 0.818. The third-order valence-electron chi connectivity index (χ3n) is 2.95. The van der Waals surface area contributed by atoms with Gasteiger partial charge in [0.2, 0.25) is 0 Å². The van der Waals surface area contributed by atoms with Crippen LogP contribution in [0, 0.1) is 0 Å². The first kappa shape index (κ1) is 11.4. The summed E-state index contributed by atoms with van der Waals surface area (Å²) in [7, 11) is 0. The molecule has 0 aromatic carbocycles. The zero-order valence-corrected chi connectivity index (χ0v) is 9.70. The Hall–Kier alpha value is -1.13. The van der Waals surface area contributed by atoms with Gasteiger partial charge in [0.1, 0.15) is 5.60 Å². The number of rotatable bonds is 0. The molecule has 0 N–H and O–H groups in total. The maximum Gasteiger partial charge on any atom is 0.410 e. The summed E-state index contributed by atoms with van der Waals surface area (Å²) in [4.78, 5) is 24.2. The Morgan fingerprint density at radius 2 is 2.12 bits per heavy atom. The third kappa shape index (κ3) is 1.79. The van der Waals surface area contributed by atoms with Crippen LogP contribution in [0.2, 0.25) is 0 Å². The Kier molecular flexibility index (Phi) is 2.44. The van der Waals surface area contributed by atoms with Gasteiger partial charge in [0.25, 0.3) is 0 Å². The minimum absolute atomic E-state index is 0.122. The van der Waals surface area contributed by atoms with Crippen LogP contribution in [0.1, 0.15) is 33.6 Å². The zero-order chi connectivity index (χ0) is 12.1. The van der Waals surface area contributed by atoms with E-state index in [0.717, 1.165) is 0 Å². The van der Waals surface area contributed by atoms with Crippen molar-refractivity contribution in [3.63, 3.8) is 0 Å². The lowest BCUT2D eigenvalue weighted by atomic mass is 9.78. The van der Waals surface area contributed by atoms with Gasteiger partial charge in [0.15, 0.2) is 12.0 Å². The first-order chi connectivity index (χ1) is 7.29. The summed E-state index contributed by atoms with van der Waals surface area (Å²) < 4.78 is 18.6. The van der Waals surface area contributed by atoms with Crippen molar-refractivity contribution in [3.8, 4) is 0 Å². The average molecular weight is 229 g/mol. The number of ether oxygens (including phenoxy) is 1. The van der Waals surface area contributed by atoms with E-state index in [1.54, 1.807) is 20.8 Å². The van der Waals surface area contributed by atoms with Gasteiger partial charge in [0, 0.05) is 12.5 Å². The summed E-state index contributed by atoms with van der Waals surface area (Å²) in [6.07, 6.45) is -1.34. The van der Waals surface area contributed by atoms with Crippen molar-refractivity contribution in [1.29, 1.82) is 0 Å². The number of nitrogens with zero attached hydrogens (tertiary/aromatic N) is 1. The summed E-state index contributed by atoms with van der Waals surface area (Å²) >= 11 is 0. The van der Waals surface area contributed by atoms with Crippen LogP contribution in [0.3, 0.4) is 0 Å². The fourth-order valence-electron chi connectivity index (χ4n) is 2.24. The number of hydrogen-bond donors (Lipinski definition) is 0. The molecular formula is C11H16FNO3. The number of Topliss-reactive ketones (excluding diaryl/α,β-unsaturated/α-hetero) is 1. The van der Waals surface area contributed by atoms with E-state index in [9.17, 15) is 14.0 Å². The van der Waals surface area contributed by atoms with Gasteiger partial charge in [-0.1, -0.05) is 0 Å². The van der Waals surface area contributed by atoms with E-state index >= 15 is 0 Å². The first-order valence-corrected chi connectivity index (χ1v) is 5.48. The van der Waals surface area contributed by atoms with Crippen molar-refractivity contribution in [2.24, 2.45) is 0 Å². The Morgan fingerprint density at radius 1 is 1.50 bits per heavy atom. The molecule has 1 saturated carbocycles. The van der Waals surface area contributed by atoms with Crippen molar-refractivity contribution in [3.05, 3.63) is 0 Å². The second-order valence-electron chi connectivity index (χ2n) is 5.42. The lowest BCUT2D eigenvalue weighted by molar-refractivity contribution is -0.144. The number of hydrogen-bond acceptors (Lipinski definition) is 3. The molecule has 16 heavy (non-hydrogen) atoms. The molecule has 3 rings (SSSR count). The van der Waals surface area contributed by atoms with Crippen LogP contribution in [0.25, 0.3) is 0 Å². The topological polar surface area (TPSA) is 46.6 Å². The second-order valence-corrected chi connectivity index (χ2v) is 5.42. The van der Waals surface area contributed by atoms with Gasteiger partial charge in [-0.15, -0.1) is 0 Å². The van der Waals surface area contributed by atoms with Gasteiger partial charge in [-0.25, -0.2) is 9.18 Å². The van der Waals surface area contributed by atoms with E-state index < -0.39 is 23.9 Å². The minimum atomic E-state index is -1.53. The van der Waals surface area contributed by atoms with Crippen LogP contribution in [0.4, 0.5) is 9.18 Å². The molecule has 2 saturated heterocycles. The molecule has 2 bridgehead atoms. The average Bonchev–Trinajstić information content (AvgIpc) is 2.04. The van der Waals surface area contributed by atoms with E-state index in [4.69, 9.17) is 4.74 Å². The molecule has 2 aliphatic heterocycles. The first-order valence-electron chi connectivity index (χ1n) is 5.48. The molecule has 2 heterocycles. The Bertz CT molecular complexity index is 337. The van der Waals surface area contributed by atoms with Crippen molar-refractivity contribution in [1.82, 2.24) is 4.90 Å². The highest BCUT2D eigenvalue weighted by atomic mass is 19.1. The van der Waals surface area contributed by atoms with Crippen LogP contribution in [0.5, 0.6) is 0 Å². The molecule has 3 fully saturated rings. The lowest BCUT2D eigenvalue weighted by Gasteiger charge is -2.52. The highest BCUT2D eigenvalue weighted by molar-refractivity contribution is 5.88. The summed E-state index contributed by atoms with van der Waals surface area (Å²) in [6, 6.07) is -0.750. The fourth-order valence-corrected chi connectivity index (χ4v) is 2.24. The Balaban J connectivity index is 2.03. The minimum Gasteiger partial charge on any atom is -0.444 e. The van der Waals surface area contributed by atoms with Crippen LogP contribution < -0.4 is 0 Å². The summed E-state index contributed by atoms with van der Waals surface area (Å²) in [5, 5.41) is 0. The molecule has 3 aliphatic rings. The number of amides is 1. The number of piperidine rings is 1. The van der Waals surface area contributed by atoms with Gasteiger partial charge >= 0.3 is 6.09 Å². The molecule has 0 aromatic heterocycles. The van der Waals surface area contributed by atoms with E-state index in [1.165, 1.54) is 4.90 Å². The SMILES string of the molecule is CC(C)(C)OC(=O)N1C2CC(=O)C(F)C1C2. The highest BCUT2D eigenvalue weighted by Gasteiger charge is 2.55. The molecule has 3 unspecified atom stereocenters. The monoisotopic (exact) mass is 229 g/mol. The predicted octanol–water partition coefficient (Wildman–Crippen LogP) is 1.68. The number of fused-ring (bicyclic) bond motifs is 2. The lowest BCUT2D eigenvalue weighted by Crippen LogP contribution is -2.68. The van der Waals surface area contributed by atoms with Crippen LogP contribution >= 0.6 is 0 Å². The molecule has 3 atom stereocenters. The molecule has 4 nitrogen and oxygen atoms in total. The predicted molar refractivity (Wildman–Crippen MR) is 54.8 cm³/mol. The number of carbonyl (C=O) groups is 2. The molecule has 0 radical (unpaired) electrons. The largest absolute Gasteiger partial charge is 0.444 e. The molecule has 90 valence electrons. The van der Waals surface area contributed by atoms with Crippen LogP contribution in [-0.4, -0.2) is 40.6 Å². The van der Waals surface area contributed by atoms with Crippen molar-refractivity contribution >= 4 is 11.9 Å². The maximum atomic E-state index is 13.5. The number of carbonyl (C=O) groups excluding carboxylic acids is 2. The second kappa shape index (κ2) is 3.43. The van der Waals surface area contributed by atoms with Crippen molar-refractivity contribution < 1.29 is 18.7 Å². The zero-order valence-electron chi connectivity index (χ0n) is 9.70. The number of ketones is 1. The highest BCUT2D eigenvalue weighted by Crippen LogP contribution is 2.38. The molecule has 0 aromatic rings. The molecular weight excluding hydrogens is 213 g/mol. The number of halogens is 1. The molecule has 1 aliphatic carbocycles. The summed E-state index contributed by atoms with van der Waals surface area (Å²) in [5.41, 5.74) is -0.587. The molecule has 0 spiro atoms. The number of alkyl halides is 1. The summed E-state index contributed by atoms with van der Waals surface area (Å²) in [6.45, 7) is 5.29. The van der Waals surface area contributed by atoms with Gasteiger partial charge in [-0.05, 0) is 27.2 Å². The standard InChI is InChI=1S/C11H16FNO3/c1-11(2,3)16-10(15)13-6-4-7(13)9(12)8(14)5-6/h6-7,9H,4-5H2,1-3H3. The normalized spacial score (nSPS) is 33.4. The smallest absolute Gasteiger partial charge is 0.410 e. The van der Waals surface area contributed by atoms with Gasteiger partial charge < -0.3 is 4.74 Å².